The fourth-order valence-electron chi connectivity index (χ4n) is 2.68. The van der Waals surface area contributed by atoms with Crippen LogP contribution >= 0.6 is 0 Å². The summed E-state index contributed by atoms with van der Waals surface area (Å²) < 4.78 is 0. The molecule has 1 unspecified atom stereocenters. The Balaban J connectivity index is 2.26. The van der Waals surface area contributed by atoms with E-state index in [0.29, 0.717) is 13.0 Å². The monoisotopic (exact) mass is 240 g/mol. The SMILES string of the molecule is CCC(C)(CCN)NC(=O)CCC1CCCC1. The lowest BCUT2D eigenvalue weighted by Crippen LogP contribution is -2.46. The summed E-state index contributed by atoms with van der Waals surface area (Å²) in [4.78, 5) is 11.9. The van der Waals surface area contributed by atoms with Gasteiger partial charge in [-0.2, -0.15) is 0 Å². The molecule has 0 bridgehead atoms. The van der Waals surface area contributed by atoms with Gasteiger partial charge in [-0.3, -0.25) is 4.79 Å². The van der Waals surface area contributed by atoms with Gasteiger partial charge >= 0.3 is 0 Å². The van der Waals surface area contributed by atoms with E-state index in [9.17, 15) is 4.79 Å². The fourth-order valence-corrected chi connectivity index (χ4v) is 2.68. The van der Waals surface area contributed by atoms with Crippen LogP contribution in [-0.2, 0) is 4.79 Å². The minimum absolute atomic E-state index is 0.110. The third-order valence-electron chi connectivity index (χ3n) is 4.17. The topological polar surface area (TPSA) is 55.1 Å². The summed E-state index contributed by atoms with van der Waals surface area (Å²) in [5, 5.41) is 3.15. The van der Waals surface area contributed by atoms with Gasteiger partial charge in [-0.1, -0.05) is 32.6 Å². The molecule has 0 aromatic rings. The second-order valence-electron chi connectivity index (χ2n) is 5.69. The van der Waals surface area contributed by atoms with Crippen molar-refractivity contribution in [3.63, 3.8) is 0 Å². The highest BCUT2D eigenvalue weighted by atomic mass is 16.1. The Hall–Kier alpha value is -0.570. The quantitative estimate of drug-likeness (QED) is 0.718. The Morgan fingerprint density at radius 2 is 2.06 bits per heavy atom. The van der Waals surface area contributed by atoms with Crippen molar-refractivity contribution in [1.29, 1.82) is 0 Å². The van der Waals surface area contributed by atoms with Crippen LogP contribution in [0.15, 0.2) is 0 Å². The van der Waals surface area contributed by atoms with Crippen LogP contribution < -0.4 is 11.1 Å². The third-order valence-corrected chi connectivity index (χ3v) is 4.17. The summed E-state index contributed by atoms with van der Waals surface area (Å²) in [6.07, 6.45) is 8.90. The van der Waals surface area contributed by atoms with Gasteiger partial charge in [0.2, 0.25) is 5.91 Å². The Labute approximate surface area is 106 Å². The van der Waals surface area contributed by atoms with Crippen molar-refractivity contribution in [2.75, 3.05) is 6.54 Å². The lowest BCUT2D eigenvalue weighted by molar-refractivity contribution is -0.123. The average molecular weight is 240 g/mol. The van der Waals surface area contributed by atoms with Crippen molar-refractivity contribution in [2.45, 2.75) is 70.8 Å². The second kappa shape index (κ2) is 7.00. The first kappa shape index (κ1) is 14.5. The molecule has 1 atom stereocenters. The molecule has 3 nitrogen and oxygen atoms in total. The summed E-state index contributed by atoms with van der Waals surface area (Å²) in [7, 11) is 0. The molecule has 1 amide bonds. The minimum atomic E-state index is -0.110. The van der Waals surface area contributed by atoms with Crippen molar-refractivity contribution >= 4 is 5.91 Å². The summed E-state index contributed by atoms with van der Waals surface area (Å²) in [5.74, 6) is 0.998. The van der Waals surface area contributed by atoms with Crippen LogP contribution in [0, 0.1) is 5.92 Å². The largest absolute Gasteiger partial charge is 0.351 e. The van der Waals surface area contributed by atoms with Crippen LogP contribution in [-0.4, -0.2) is 18.0 Å². The van der Waals surface area contributed by atoms with Crippen LogP contribution in [0.3, 0.4) is 0 Å². The zero-order valence-corrected chi connectivity index (χ0v) is 11.4. The van der Waals surface area contributed by atoms with E-state index in [2.05, 4.69) is 19.2 Å². The molecule has 3 heteroatoms. The van der Waals surface area contributed by atoms with E-state index in [1.54, 1.807) is 0 Å². The van der Waals surface area contributed by atoms with Crippen LogP contribution in [0.2, 0.25) is 0 Å². The molecule has 1 fully saturated rings. The van der Waals surface area contributed by atoms with Crippen molar-refractivity contribution in [3.8, 4) is 0 Å². The van der Waals surface area contributed by atoms with Gasteiger partial charge in [-0.05, 0) is 38.6 Å². The smallest absolute Gasteiger partial charge is 0.220 e. The van der Waals surface area contributed by atoms with E-state index >= 15 is 0 Å². The van der Waals surface area contributed by atoms with Gasteiger partial charge in [0.15, 0.2) is 0 Å². The Morgan fingerprint density at radius 3 is 2.59 bits per heavy atom. The van der Waals surface area contributed by atoms with Gasteiger partial charge < -0.3 is 11.1 Å². The molecule has 100 valence electrons. The second-order valence-corrected chi connectivity index (χ2v) is 5.69. The van der Waals surface area contributed by atoms with Crippen LogP contribution in [0.5, 0.6) is 0 Å². The molecule has 1 aliphatic carbocycles. The predicted octanol–water partition coefficient (Wildman–Crippen LogP) is 2.59. The molecular weight excluding hydrogens is 212 g/mol. The van der Waals surface area contributed by atoms with Crippen molar-refractivity contribution < 1.29 is 4.79 Å². The van der Waals surface area contributed by atoms with Gasteiger partial charge in [0, 0.05) is 12.0 Å². The molecule has 0 aromatic carbocycles. The number of nitrogens with two attached hydrogens (primary N) is 1. The average Bonchev–Trinajstić information content (AvgIpc) is 2.79. The van der Waals surface area contributed by atoms with Gasteiger partial charge in [-0.25, -0.2) is 0 Å². The summed E-state index contributed by atoms with van der Waals surface area (Å²) in [6, 6.07) is 0. The predicted molar refractivity (Wildman–Crippen MR) is 71.7 cm³/mol. The molecule has 0 radical (unpaired) electrons. The van der Waals surface area contributed by atoms with E-state index in [-0.39, 0.29) is 11.4 Å². The molecule has 0 aliphatic heterocycles. The van der Waals surface area contributed by atoms with Crippen molar-refractivity contribution in [1.82, 2.24) is 5.32 Å². The zero-order valence-electron chi connectivity index (χ0n) is 11.4. The molecule has 17 heavy (non-hydrogen) atoms. The van der Waals surface area contributed by atoms with Gasteiger partial charge in [0.05, 0.1) is 0 Å². The van der Waals surface area contributed by atoms with E-state index in [0.717, 1.165) is 25.2 Å². The van der Waals surface area contributed by atoms with Gasteiger partial charge in [0.25, 0.3) is 0 Å². The van der Waals surface area contributed by atoms with Crippen molar-refractivity contribution in [3.05, 3.63) is 0 Å². The lowest BCUT2D eigenvalue weighted by atomic mass is 9.93. The highest BCUT2D eigenvalue weighted by Crippen LogP contribution is 2.28. The molecule has 1 saturated carbocycles. The molecule has 1 rings (SSSR count). The standard InChI is InChI=1S/C14H28N2O/c1-3-14(2,10-11-15)16-13(17)9-8-12-6-4-5-7-12/h12H,3-11,15H2,1-2H3,(H,16,17). The maximum absolute atomic E-state index is 11.9. The number of hydrogen-bond acceptors (Lipinski definition) is 2. The molecule has 0 spiro atoms. The highest BCUT2D eigenvalue weighted by molar-refractivity contribution is 5.76. The van der Waals surface area contributed by atoms with Gasteiger partial charge in [0.1, 0.15) is 0 Å². The van der Waals surface area contributed by atoms with Crippen molar-refractivity contribution in [2.24, 2.45) is 11.7 Å². The first-order valence-electron chi connectivity index (χ1n) is 7.10. The van der Waals surface area contributed by atoms with Crippen LogP contribution in [0.25, 0.3) is 0 Å². The number of nitrogens with one attached hydrogen (secondary N) is 1. The molecule has 0 heterocycles. The van der Waals surface area contributed by atoms with E-state index < -0.39 is 0 Å². The summed E-state index contributed by atoms with van der Waals surface area (Å²) in [5.41, 5.74) is 5.48. The maximum atomic E-state index is 11.9. The Bertz CT molecular complexity index is 236. The first-order valence-corrected chi connectivity index (χ1v) is 7.10. The number of hydrogen-bond donors (Lipinski definition) is 2. The minimum Gasteiger partial charge on any atom is -0.351 e. The van der Waals surface area contributed by atoms with E-state index in [4.69, 9.17) is 5.73 Å². The molecular formula is C14H28N2O. The molecule has 0 saturated heterocycles. The number of rotatable bonds is 7. The summed E-state index contributed by atoms with van der Waals surface area (Å²) >= 11 is 0. The molecule has 1 aliphatic rings. The van der Waals surface area contributed by atoms with E-state index in [1.807, 2.05) is 0 Å². The maximum Gasteiger partial charge on any atom is 0.220 e. The fraction of sp³-hybridized carbons (Fsp3) is 0.929. The highest BCUT2D eigenvalue weighted by Gasteiger charge is 2.24. The van der Waals surface area contributed by atoms with Crippen LogP contribution in [0.4, 0.5) is 0 Å². The Morgan fingerprint density at radius 1 is 1.41 bits per heavy atom. The number of carbonyl (C=O) groups is 1. The number of carbonyl (C=O) groups excluding carboxylic acids is 1. The molecule has 3 N–H and O–H groups in total. The summed E-state index contributed by atoms with van der Waals surface area (Å²) in [6.45, 7) is 4.83. The zero-order chi connectivity index (χ0) is 12.7. The molecule has 0 aromatic heterocycles. The lowest BCUT2D eigenvalue weighted by Gasteiger charge is -2.29. The van der Waals surface area contributed by atoms with Gasteiger partial charge in [-0.15, -0.1) is 0 Å². The third kappa shape index (κ3) is 5.07. The number of amides is 1. The van der Waals surface area contributed by atoms with Crippen LogP contribution in [0.1, 0.15) is 65.2 Å². The Kier molecular flexibility index (Phi) is 5.96. The van der Waals surface area contributed by atoms with E-state index in [1.165, 1.54) is 25.7 Å². The first-order chi connectivity index (χ1) is 8.09. The normalized spacial score (nSPS) is 20.2.